The van der Waals surface area contributed by atoms with Crippen LogP contribution in [0, 0.1) is 0 Å². The van der Waals surface area contributed by atoms with Crippen LogP contribution in [0.2, 0.25) is 0 Å². The highest BCUT2D eigenvalue weighted by Crippen LogP contribution is 2.15. The maximum Gasteiger partial charge on any atom is 0.488 e. The van der Waals surface area contributed by atoms with Crippen LogP contribution in [0.3, 0.4) is 0 Å². The van der Waals surface area contributed by atoms with Gasteiger partial charge in [0.2, 0.25) is 0 Å². The summed E-state index contributed by atoms with van der Waals surface area (Å²) in [5.41, 5.74) is 2.30. The second-order valence-electron chi connectivity index (χ2n) is 4.59. The molecule has 19 heavy (non-hydrogen) atoms. The van der Waals surface area contributed by atoms with Crippen molar-refractivity contribution in [1.29, 1.82) is 0 Å². The molecule has 0 fully saturated rings. The van der Waals surface area contributed by atoms with Crippen LogP contribution >= 0.6 is 0 Å². The largest absolute Gasteiger partial charge is 0.488 e. The maximum absolute atomic E-state index is 11.3. The number of carbonyl (C=O) groups is 1. The fraction of sp³-hybridized carbons (Fsp3) is 0.214. The van der Waals surface area contributed by atoms with Gasteiger partial charge < -0.3 is 14.9 Å². The molecule has 1 aliphatic rings. The van der Waals surface area contributed by atoms with Crippen molar-refractivity contribution < 1.29 is 14.8 Å². The van der Waals surface area contributed by atoms with Gasteiger partial charge in [-0.25, -0.2) is 0 Å². The van der Waals surface area contributed by atoms with Crippen LogP contribution < -0.4 is 5.46 Å². The van der Waals surface area contributed by atoms with E-state index in [4.69, 9.17) is 10.0 Å². The molecule has 0 atom stereocenters. The lowest BCUT2D eigenvalue weighted by Gasteiger charge is -2.20. The lowest BCUT2D eigenvalue weighted by molar-refractivity contribution is -0.113. The number of allylic oxidation sites excluding steroid dienone is 2. The van der Waals surface area contributed by atoms with Gasteiger partial charge in [0.05, 0.1) is 0 Å². The van der Waals surface area contributed by atoms with Crippen molar-refractivity contribution in [2.75, 3.05) is 0 Å². The SMILES string of the molecule is CC(=O)C1=CN(Cc2ccc(B(O)O)cc2)C=CC1. The highest BCUT2D eigenvalue weighted by atomic mass is 16.4. The van der Waals surface area contributed by atoms with E-state index < -0.39 is 7.12 Å². The molecular weight excluding hydrogens is 241 g/mol. The Morgan fingerprint density at radius 3 is 2.58 bits per heavy atom. The van der Waals surface area contributed by atoms with Crippen molar-refractivity contribution in [2.24, 2.45) is 0 Å². The van der Waals surface area contributed by atoms with Crippen molar-refractivity contribution in [3.8, 4) is 0 Å². The quantitative estimate of drug-likeness (QED) is 0.774. The highest BCUT2D eigenvalue weighted by Gasteiger charge is 2.11. The van der Waals surface area contributed by atoms with Crippen LogP contribution in [0.5, 0.6) is 0 Å². The third kappa shape index (κ3) is 3.56. The van der Waals surface area contributed by atoms with Gasteiger partial charge in [0.25, 0.3) is 0 Å². The van der Waals surface area contributed by atoms with Gasteiger partial charge in [-0.15, -0.1) is 0 Å². The van der Waals surface area contributed by atoms with Gasteiger partial charge >= 0.3 is 7.12 Å². The summed E-state index contributed by atoms with van der Waals surface area (Å²) < 4.78 is 0. The lowest BCUT2D eigenvalue weighted by Crippen LogP contribution is -2.29. The molecule has 1 heterocycles. The Morgan fingerprint density at radius 2 is 2.00 bits per heavy atom. The first-order valence-corrected chi connectivity index (χ1v) is 6.15. The Labute approximate surface area is 112 Å². The predicted molar refractivity (Wildman–Crippen MR) is 74.3 cm³/mol. The number of ketones is 1. The van der Waals surface area contributed by atoms with Gasteiger partial charge in [-0.05, 0) is 24.4 Å². The normalized spacial score (nSPS) is 14.3. The summed E-state index contributed by atoms with van der Waals surface area (Å²) in [5.74, 6) is 0.0908. The maximum atomic E-state index is 11.3. The Hall–Kier alpha value is -1.85. The number of hydrogen-bond donors (Lipinski definition) is 2. The summed E-state index contributed by atoms with van der Waals surface area (Å²) >= 11 is 0. The Balaban J connectivity index is 2.06. The van der Waals surface area contributed by atoms with Crippen molar-refractivity contribution in [3.05, 3.63) is 53.9 Å². The number of nitrogens with zero attached hydrogens (tertiary/aromatic N) is 1. The molecule has 0 aliphatic carbocycles. The van der Waals surface area contributed by atoms with Gasteiger partial charge in [-0.1, -0.05) is 30.3 Å². The molecule has 5 heteroatoms. The molecule has 1 aromatic rings. The molecule has 0 bridgehead atoms. The van der Waals surface area contributed by atoms with E-state index in [-0.39, 0.29) is 5.78 Å². The van der Waals surface area contributed by atoms with Crippen molar-refractivity contribution in [1.82, 2.24) is 4.90 Å². The molecule has 0 radical (unpaired) electrons. The zero-order valence-electron chi connectivity index (χ0n) is 10.8. The van der Waals surface area contributed by atoms with E-state index in [0.29, 0.717) is 18.4 Å². The number of rotatable bonds is 4. The van der Waals surface area contributed by atoms with E-state index in [1.807, 2.05) is 35.5 Å². The van der Waals surface area contributed by atoms with Crippen LogP contribution in [0.1, 0.15) is 18.9 Å². The first-order valence-electron chi connectivity index (χ1n) is 6.15. The van der Waals surface area contributed by atoms with E-state index in [1.165, 1.54) is 0 Å². The molecular formula is C14H16BNO3. The van der Waals surface area contributed by atoms with Crippen molar-refractivity contribution in [3.63, 3.8) is 0 Å². The van der Waals surface area contributed by atoms with Crippen LogP contribution in [0.25, 0.3) is 0 Å². The Kier molecular flexibility index (Phi) is 4.19. The van der Waals surface area contributed by atoms with E-state index in [2.05, 4.69) is 0 Å². The minimum atomic E-state index is -1.44. The highest BCUT2D eigenvalue weighted by molar-refractivity contribution is 6.58. The predicted octanol–water partition coefficient (Wildman–Crippen LogP) is 0.559. The number of hydrogen-bond acceptors (Lipinski definition) is 4. The molecule has 0 amide bonds. The third-order valence-electron chi connectivity index (χ3n) is 3.05. The molecule has 98 valence electrons. The molecule has 0 aromatic heterocycles. The standard InChI is InChI=1S/C14H16BNO3/c1-11(17)13-3-2-8-16(10-13)9-12-4-6-14(7-5-12)15(18)19/h2,4-8,10,18-19H,3,9H2,1H3. The van der Waals surface area contributed by atoms with Crippen LogP contribution in [0.15, 0.2) is 48.3 Å². The molecule has 2 rings (SSSR count). The molecule has 0 spiro atoms. The fourth-order valence-electron chi connectivity index (χ4n) is 1.95. The molecule has 1 aromatic carbocycles. The average Bonchev–Trinajstić information content (AvgIpc) is 2.39. The molecule has 0 saturated carbocycles. The monoisotopic (exact) mass is 257 g/mol. The summed E-state index contributed by atoms with van der Waals surface area (Å²) in [7, 11) is -1.44. The van der Waals surface area contributed by atoms with Gasteiger partial charge in [-0.3, -0.25) is 4.79 Å². The second-order valence-corrected chi connectivity index (χ2v) is 4.59. The summed E-state index contributed by atoms with van der Waals surface area (Å²) in [6.45, 7) is 2.22. The van der Waals surface area contributed by atoms with Gasteiger partial charge in [-0.2, -0.15) is 0 Å². The summed E-state index contributed by atoms with van der Waals surface area (Å²) in [6.07, 6.45) is 6.45. The zero-order valence-corrected chi connectivity index (χ0v) is 10.8. The van der Waals surface area contributed by atoms with Crippen LogP contribution in [-0.2, 0) is 11.3 Å². The van der Waals surface area contributed by atoms with E-state index in [9.17, 15) is 4.79 Å². The van der Waals surface area contributed by atoms with Crippen LogP contribution in [-0.4, -0.2) is 27.8 Å². The van der Waals surface area contributed by atoms with E-state index >= 15 is 0 Å². The molecule has 0 unspecified atom stereocenters. The second kappa shape index (κ2) is 5.86. The smallest absolute Gasteiger partial charge is 0.423 e. The van der Waals surface area contributed by atoms with Gasteiger partial charge in [0, 0.05) is 24.5 Å². The number of Topliss-reactive ketones (excluding diaryl/α,β-unsaturated/α-hetero) is 1. The summed E-state index contributed by atoms with van der Waals surface area (Å²) in [4.78, 5) is 13.3. The minimum Gasteiger partial charge on any atom is -0.423 e. The van der Waals surface area contributed by atoms with Crippen molar-refractivity contribution >= 4 is 18.4 Å². The molecule has 1 aliphatic heterocycles. The molecule has 2 N–H and O–H groups in total. The third-order valence-corrected chi connectivity index (χ3v) is 3.05. The number of benzene rings is 1. The van der Waals surface area contributed by atoms with Crippen molar-refractivity contribution in [2.45, 2.75) is 19.9 Å². The summed E-state index contributed by atoms with van der Waals surface area (Å²) in [5, 5.41) is 18.0. The topological polar surface area (TPSA) is 60.8 Å². The fourth-order valence-corrected chi connectivity index (χ4v) is 1.95. The van der Waals surface area contributed by atoms with Gasteiger partial charge in [0.1, 0.15) is 0 Å². The zero-order chi connectivity index (χ0) is 13.8. The summed E-state index contributed by atoms with van der Waals surface area (Å²) in [6, 6.07) is 7.06. The van der Waals surface area contributed by atoms with Crippen LogP contribution in [0.4, 0.5) is 0 Å². The first-order chi connectivity index (χ1) is 9.06. The average molecular weight is 257 g/mol. The van der Waals surface area contributed by atoms with Gasteiger partial charge in [0.15, 0.2) is 5.78 Å². The molecule has 4 nitrogen and oxygen atoms in total. The Bertz CT molecular complexity index is 520. The number of carbonyl (C=O) groups excluding carboxylic acids is 1. The first kappa shape index (κ1) is 13.6. The minimum absolute atomic E-state index is 0.0908. The molecule has 0 saturated heterocycles. The Morgan fingerprint density at radius 1 is 1.32 bits per heavy atom. The van der Waals surface area contributed by atoms with E-state index in [1.54, 1.807) is 19.1 Å². The lowest BCUT2D eigenvalue weighted by atomic mass is 9.80. The van der Waals surface area contributed by atoms with E-state index in [0.717, 1.165) is 11.1 Å².